The van der Waals surface area contributed by atoms with Gasteiger partial charge >= 0.3 is 11.9 Å². The minimum absolute atomic E-state index is 0.0324. The lowest BCUT2D eigenvalue weighted by molar-refractivity contribution is -0.138. The van der Waals surface area contributed by atoms with Crippen LogP contribution >= 0.6 is 0 Å². The van der Waals surface area contributed by atoms with E-state index in [1.807, 2.05) is 0 Å². The minimum Gasteiger partial charge on any atom is -0.481 e. The van der Waals surface area contributed by atoms with Crippen molar-refractivity contribution >= 4 is 23.8 Å². The molecule has 0 aliphatic heterocycles. The number of carboxylic acids is 2. The zero-order chi connectivity index (χ0) is 15.7. The first-order chi connectivity index (χ1) is 9.25. The van der Waals surface area contributed by atoms with Crippen molar-refractivity contribution in [2.45, 2.75) is 12.8 Å². The van der Waals surface area contributed by atoms with Crippen LogP contribution in [0.1, 0.15) is 33.6 Å². The summed E-state index contributed by atoms with van der Waals surface area (Å²) >= 11 is 0. The fourth-order valence-corrected chi connectivity index (χ4v) is 1.11. The second-order valence-electron chi connectivity index (χ2n) is 3.58. The van der Waals surface area contributed by atoms with Gasteiger partial charge in [0.15, 0.2) is 0 Å². The molecule has 0 aromatic heterocycles. The van der Waals surface area contributed by atoms with Gasteiger partial charge in [-0.3, -0.25) is 14.4 Å². The van der Waals surface area contributed by atoms with Crippen molar-refractivity contribution in [3.8, 4) is 0 Å². The van der Waals surface area contributed by atoms with Gasteiger partial charge in [0.1, 0.15) is 0 Å². The first kappa shape index (κ1) is 17.1. The number of aliphatic carboxylic acids is 1. The highest BCUT2D eigenvalue weighted by molar-refractivity contribution is 6.03. The van der Waals surface area contributed by atoms with E-state index in [1.54, 1.807) is 6.07 Å². The zero-order valence-electron chi connectivity index (χ0n) is 10.4. The molecule has 0 bridgehead atoms. The number of nitrogens with two attached hydrogens (primary N) is 2. The number of hydrogen-bond donors (Lipinski definition) is 4. The maximum Gasteiger partial charge on any atom is 0.336 e. The van der Waals surface area contributed by atoms with Gasteiger partial charge in [-0.1, -0.05) is 12.1 Å². The Labute approximate surface area is 114 Å². The number of benzene rings is 1. The van der Waals surface area contributed by atoms with Crippen LogP contribution in [0.2, 0.25) is 0 Å². The van der Waals surface area contributed by atoms with Crippen LogP contribution in [0.5, 0.6) is 0 Å². The van der Waals surface area contributed by atoms with Gasteiger partial charge in [-0.25, -0.2) is 4.79 Å². The maximum atomic E-state index is 10.7. The van der Waals surface area contributed by atoms with E-state index in [-0.39, 0.29) is 24.0 Å². The molecular weight excluding hydrogens is 268 g/mol. The highest BCUT2D eigenvalue weighted by Gasteiger charge is 2.11. The molecule has 0 aliphatic rings. The van der Waals surface area contributed by atoms with Crippen molar-refractivity contribution < 1.29 is 29.4 Å². The molecule has 6 N–H and O–H groups in total. The molecule has 1 rings (SSSR count). The Kier molecular flexibility index (Phi) is 7.05. The molecule has 0 radical (unpaired) electrons. The molecule has 0 unspecified atom stereocenters. The van der Waals surface area contributed by atoms with Gasteiger partial charge in [0.05, 0.1) is 17.5 Å². The summed E-state index contributed by atoms with van der Waals surface area (Å²) in [4.78, 5) is 40.8. The molecule has 0 spiro atoms. The van der Waals surface area contributed by atoms with Crippen LogP contribution in [0.4, 0.5) is 0 Å². The number of rotatable bonds is 5. The SMILES string of the molecule is NC(=O)CCC(=O)O.NC(=O)c1ccccc1C(=O)O. The summed E-state index contributed by atoms with van der Waals surface area (Å²) in [6, 6.07) is 5.82. The van der Waals surface area contributed by atoms with Gasteiger partial charge in [0.25, 0.3) is 0 Å². The van der Waals surface area contributed by atoms with Crippen LogP contribution in [-0.4, -0.2) is 34.0 Å². The average molecular weight is 282 g/mol. The Bertz CT molecular complexity index is 479. The lowest BCUT2D eigenvalue weighted by Gasteiger charge is -1.99. The quantitative estimate of drug-likeness (QED) is 0.585. The highest BCUT2D eigenvalue weighted by Crippen LogP contribution is 2.06. The molecule has 108 valence electrons. The minimum atomic E-state index is -1.15. The Morgan fingerprint density at radius 3 is 1.65 bits per heavy atom. The predicted octanol–water partition coefficient (Wildman–Crippen LogP) is -0.180. The smallest absolute Gasteiger partial charge is 0.336 e. The first-order valence-corrected chi connectivity index (χ1v) is 5.38. The summed E-state index contributed by atoms with van der Waals surface area (Å²) < 4.78 is 0. The lowest BCUT2D eigenvalue weighted by Crippen LogP contribution is -2.15. The van der Waals surface area contributed by atoms with Gasteiger partial charge in [0, 0.05) is 6.42 Å². The second-order valence-corrected chi connectivity index (χ2v) is 3.58. The highest BCUT2D eigenvalue weighted by atomic mass is 16.4. The second kappa shape index (κ2) is 8.25. The van der Waals surface area contributed by atoms with Gasteiger partial charge in [0.2, 0.25) is 11.8 Å². The monoisotopic (exact) mass is 282 g/mol. The Morgan fingerprint density at radius 2 is 1.40 bits per heavy atom. The number of carboxylic acid groups (broad SMARTS) is 2. The summed E-state index contributed by atoms with van der Waals surface area (Å²) in [6.07, 6.45) is -0.245. The molecule has 20 heavy (non-hydrogen) atoms. The van der Waals surface area contributed by atoms with Crippen molar-refractivity contribution in [3.63, 3.8) is 0 Å². The molecule has 0 aliphatic carbocycles. The van der Waals surface area contributed by atoms with Crippen molar-refractivity contribution in [2.24, 2.45) is 11.5 Å². The summed E-state index contributed by atoms with van der Waals surface area (Å²) in [5.74, 6) is -3.45. The van der Waals surface area contributed by atoms with E-state index in [9.17, 15) is 19.2 Å². The molecule has 0 saturated carbocycles. The third-order valence-corrected chi connectivity index (χ3v) is 2.01. The first-order valence-electron chi connectivity index (χ1n) is 5.38. The topological polar surface area (TPSA) is 161 Å². The summed E-state index contributed by atoms with van der Waals surface area (Å²) in [7, 11) is 0. The molecule has 0 fully saturated rings. The van der Waals surface area contributed by atoms with E-state index in [2.05, 4.69) is 5.73 Å². The van der Waals surface area contributed by atoms with Crippen LogP contribution in [0.25, 0.3) is 0 Å². The molecule has 8 nitrogen and oxygen atoms in total. The van der Waals surface area contributed by atoms with E-state index >= 15 is 0 Å². The van der Waals surface area contributed by atoms with Gasteiger partial charge in [-0.2, -0.15) is 0 Å². The summed E-state index contributed by atoms with van der Waals surface area (Å²) in [5.41, 5.74) is 9.56. The Hall–Kier alpha value is -2.90. The number of hydrogen-bond acceptors (Lipinski definition) is 4. The normalized spacial score (nSPS) is 9.00. The maximum absolute atomic E-state index is 10.7. The zero-order valence-corrected chi connectivity index (χ0v) is 10.4. The average Bonchev–Trinajstić information content (AvgIpc) is 2.37. The van der Waals surface area contributed by atoms with Crippen molar-refractivity contribution in [1.29, 1.82) is 0 Å². The number of amides is 2. The van der Waals surface area contributed by atoms with Gasteiger partial charge in [-0.05, 0) is 12.1 Å². The number of aromatic carboxylic acids is 1. The largest absolute Gasteiger partial charge is 0.481 e. The van der Waals surface area contributed by atoms with Crippen LogP contribution in [0, 0.1) is 0 Å². The molecule has 0 heterocycles. The van der Waals surface area contributed by atoms with E-state index in [1.165, 1.54) is 18.2 Å². The number of carbonyl (C=O) groups excluding carboxylic acids is 2. The third-order valence-electron chi connectivity index (χ3n) is 2.01. The van der Waals surface area contributed by atoms with E-state index < -0.39 is 23.8 Å². The van der Waals surface area contributed by atoms with Gasteiger partial charge in [-0.15, -0.1) is 0 Å². The fraction of sp³-hybridized carbons (Fsp3) is 0.167. The molecule has 1 aromatic rings. The predicted molar refractivity (Wildman–Crippen MR) is 68.0 cm³/mol. The fourth-order valence-electron chi connectivity index (χ4n) is 1.11. The van der Waals surface area contributed by atoms with Crippen LogP contribution < -0.4 is 11.5 Å². The van der Waals surface area contributed by atoms with Gasteiger partial charge < -0.3 is 21.7 Å². The molecule has 8 heteroatoms. The molecule has 0 saturated heterocycles. The van der Waals surface area contributed by atoms with Crippen LogP contribution in [-0.2, 0) is 9.59 Å². The molecule has 2 amide bonds. The summed E-state index contributed by atoms with van der Waals surface area (Å²) in [6.45, 7) is 0. The lowest BCUT2D eigenvalue weighted by atomic mass is 10.1. The molecule has 1 aromatic carbocycles. The van der Waals surface area contributed by atoms with Crippen molar-refractivity contribution in [2.75, 3.05) is 0 Å². The van der Waals surface area contributed by atoms with E-state index in [0.29, 0.717) is 0 Å². The van der Waals surface area contributed by atoms with E-state index in [4.69, 9.17) is 15.9 Å². The molecular formula is C12H14N2O6. The Morgan fingerprint density at radius 1 is 0.900 bits per heavy atom. The van der Waals surface area contributed by atoms with Crippen LogP contribution in [0.3, 0.4) is 0 Å². The third kappa shape index (κ3) is 6.74. The van der Waals surface area contributed by atoms with Crippen LogP contribution in [0.15, 0.2) is 24.3 Å². The van der Waals surface area contributed by atoms with E-state index in [0.717, 1.165) is 0 Å². The standard InChI is InChI=1S/C8H7NO3.C4H7NO3/c9-7(10)5-3-1-2-4-6(5)8(11)12;5-3(6)1-2-4(7)8/h1-4H,(H2,9,10)(H,11,12);1-2H2,(H2,5,6)(H,7,8). The summed E-state index contributed by atoms with van der Waals surface area (Å²) in [5, 5.41) is 16.6. The van der Waals surface area contributed by atoms with Crippen molar-refractivity contribution in [1.82, 2.24) is 0 Å². The molecule has 0 atom stereocenters. The number of carbonyl (C=O) groups is 4. The Balaban J connectivity index is 0.000000396. The van der Waals surface area contributed by atoms with Crippen molar-refractivity contribution in [3.05, 3.63) is 35.4 Å². The number of primary amides is 2.